The van der Waals surface area contributed by atoms with E-state index in [1.54, 1.807) is 13.3 Å². The molecule has 4 rings (SSSR count). The van der Waals surface area contributed by atoms with Crippen molar-refractivity contribution < 1.29 is 13.8 Å². The van der Waals surface area contributed by atoms with Gasteiger partial charge in [-0.3, -0.25) is 4.57 Å². The van der Waals surface area contributed by atoms with Gasteiger partial charge in [0.1, 0.15) is 12.4 Å². The van der Waals surface area contributed by atoms with Gasteiger partial charge in [-0.15, -0.1) is 0 Å². The fraction of sp³-hybridized carbons (Fsp3) is 0.294. The summed E-state index contributed by atoms with van der Waals surface area (Å²) in [6, 6.07) is 36.4. The van der Waals surface area contributed by atoms with Gasteiger partial charge in [0.25, 0.3) is 0 Å². The van der Waals surface area contributed by atoms with Crippen LogP contribution in [0.4, 0.5) is 0 Å². The molecule has 0 aliphatic carbocycles. The second-order valence-electron chi connectivity index (χ2n) is 10.4. The van der Waals surface area contributed by atoms with Crippen LogP contribution in [0.15, 0.2) is 103 Å². The van der Waals surface area contributed by atoms with Gasteiger partial charge in [0.15, 0.2) is 7.37 Å². The Morgan fingerprint density at radius 3 is 1.37 bits per heavy atom. The molecule has 0 amide bonds. The first-order valence-electron chi connectivity index (χ1n) is 13.4. The predicted octanol–water partition coefficient (Wildman–Crippen LogP) is 9.08. The molecule has 0 bridgehead atoms. The summed E-state index contributed by atoms with van der Waals surface area (Å²) in [4.78, 5) is 0. The standard InChI is InChI=1S/C34H39O3P/c1-25(28-15-9-6-10-16-28)31-23-32(26(2)29-17-11-7-12-18-29)34(36-21-22-37-38(4,5)35)33(24-31)27(3)30-19-13-8-14-20-30/h6-20,23-27H,21-22H2,1-5H3. The van der Waals surface area contributed by atoms with Crippen LogP contribution in [0.5, 0.6) is 5.75 Å². The molecule has 0 aliphatic rings. The maximum absolute atomic E-state index is 12.1. The Bertz CT molecular complexity index is 1280. The van der Waals surface area contributed by atoms with Crippen LogP contribution in [-0.2, 0) is 9.09 Å². The normalized spacial score (nSPS) is 14.0. The van der Waals surface area contributed by atoms with Crippen molar-refractivity contribution in [1.82, 2.24) is 0 Å². The molecule has 0 aliphatic heterocycles. The van der Waals surface area contributed by atoms with Crippen molar-refractivity contribution in [2.24, 2.45) is 0 Å². The van der Waals surface area contributed by atoms with E-state index in [9.17, 15) is 4.57 Å². The Morgan fingerprint density at radius 2 is 0.974 bits per heavy atom. The molecule has 0 heterocycles. The molecule has 0 saturated heterocycles. The number of hydrogen-bond acceptors (Lipinski definition) is 3. The minimum atomic E-state index is -2.58. The molecule has 4 heteroatoms. The molecule has 3 unspecified atom stereocenters. The molecule has 0 aromatic heterocycles. The molecular weight excluding hydrogens is 487 g/mol. The Hall–Kier alpha value is -3.13. The molecule has 0 radical (unpaired) electrons. The summed E-state index contributed by atoms with van der Waals surface area (Å²) in [5, 5.41) is 0. The molecular formula is C34H39O3P. The summed E-state index contributed by atoms with van der Waals surface area (Å²) in [6.07, 6.45) is 0. The van der Waals surface area contributed by atoms with E-state index < -0.39 is 7.37 Å². The van der Waals surface area contributed by atoms with Crippen LogP contribution < -0.4 is 4.74 Å². The lowest BCUT2D eigenvalue weighted by atomic mass is 9.81. The number of hydrogen-bond donors (Lipinski definition) is 0. The lowest BCUT2D eigenvalue weighted by Gasteiger charge is -2.27. The number of ether oxygens (including phenoxy) is 1. The average molecular weight is 527 g/mol. The Balaban J connectivity index is 1.85. The zero-order chi connectivity index (χ0) is 27.1. The van der Waals surface area contributed by atoms with Crippen LogP contribution in [0, 0.1) is 0 Å². The first-order valence-corrected chi connectivity index (χ1v) is 15.9. The molecule has 3 nitrogen and oxygen atoms in total. The monoisotopic (exact) mass is 526 g/mol. The topological polar surface area (TPSA) is 35.5 Å². The fourth-order valence-corrected chi connectivity index (χ4v) is 5.45. The molecule has 4 aromatic rings. The lowest BCUT2D eigenvalue weighted by Crippen LogP contribution is -2.13. The molecule has 198 valence electrons. The number of rotatable bonds is 11. The lowest BCUT2D eigenvalue weighted by molar-refractivity contribution is 0.217. The van der Waals surface area contributed by atoms with Gasteiger partial charge in [0.2, 0.25) is 0 Å². The van der Waals surface area contributed by atoms with Crippen LogP contribution in [-0.4, -0.2) is 26.5 Å². The highest BCUT2D eigenvalue weighted by Crippen LogP contribution is 2.43. The van der Waals surface area contributed by atoms with Gasteiger partial charge < -0.3 is 9.26 Å². The third kappa shape index (κ3) is 7.04. The molecule has 0 spiro atoms. The van der Waals surface area contributed by atoms with E-state index in [4.69, 9.17) is 9.26 Å². The van der Waals surface area contributed by atoms with E-state index in [0.29, 0.717) is 6.61 Å². The highest BCUT2D eigenvalue weighted by atomic mass is 31.2. The second-order valence-corrected chi connectivity index (χ2v) is 13.1. The fourth-order valence-electron chi connectivity index (χ4n) is 4.94. The van der Waals surface area contributed by atoms with Gasteiger partial charge in [0, 0.05) is 42.2 Å². The highest BCUT2D eigenvalue weighted by molar-refractivity contribution is 7.57. The van der Waals surface area contributed by atoms with Crippen LogP contribution in [0.25, 0.3) is 0 Å². The SMILES string of the molecule is CC(c1ccccc1)c1cc(C(C)c2ccccc2)c(OCCOP(C)(C)=O)c(C(C)c2ccccc2)c1. The Morgan fingerprint density at radius 1 is 0.579 bits per heavy atom. The van der Waals surface area contributed by atoms with E-state index in [2.05, 4.69) is 124 Å². The van der Waals surface area contributed by atoms with Crippen molar-refractivity contribution in [3.05, 3.63) is 137 Å². The van der Waals surface area contributed by atoms with Crippen LogP contribution in [0.1, 0.15) is 71.9 Å². The van der Waals surface area contributed by atoms with E-state index >= 15 is 0 Å². The van der Waals surface area contributed by atoms with Gasteiger partial charge in [0.05, 0.1) is 6.61 Å². The van der Waals surface area contributed by atoms with E-state index in [-0.39, 0.29) is 24.4 Å². The smallest absolute Gasteiger partial charge is 0.197 e. The predicted molar refractivity (Wildman–Crippen MR) is 159 cm³/mol. The van der Waals surface area contributed by atoms with Gasteiger partial charge in [-0.1, -0.05) is 124 Å². The maximum atomic E-state index is 12.1. The zero-order valence-electron chi connectivity index (χ0n) is 23.1. The third-order valence-electron chi connectivity index (χ3n) is 7.23. The van der Waals surface area contributed by atoms with Crippen LogP contribution in [0.2, 0.25) is 0 Å². The van der Waals surface area contributed by atoms with Crippen molar-refractivity contribution in [2.75, 3.05) is 26.5 Å². The summed E-state index contributed by atoms with van der Waals surface area (Å²) in [5.41, 5.74) is 7.34. The molecule has 4 aromatic carbocycles. The van der Waals surface area contributed by atoms with Gasteiger partial charge in [-0.25, -0.2) is 0 Å². The van der Waals surface area contributed by atoms with Crippen molar-refractivity contribution in [3.63, 3.8) is 0 Å². The summed E-state index contributed by atoms with van der Waals surface area (Å²) < 4.78 is 24.2. The van der Waals surface area contributed by atoms with Crippen LogP contribution in [0.3, 0.4) is 0 Å². The summed E-state index contributed by atoms with van der Waals surface area (Å²) >= 11 is 0. The third-order valence-corrected chi connectivity index (χ3v) is 8.04. The van der Waals surface area contributed by atoms with E-state index in [1.807, 2.05) is 0 Å². The molecule has 0 saturated carbocycles. The quantitative estimate of drug-likeness (QED) is 0.144. The van der Waals surface area contributed by atoms with Gasteiger partial charge in [-0.05, 0) is 22.3 Å². The maximum Gasteiger partial charge on any atom is 0.197 e. The Labute approximate surface area is 228 Å². The molecule has 3 atom stereocenters. The zero-order valence-corrected chi connectivity index (χ0v) is 24.0. The summed E-state index contributed by atoms with van der Waals surface area (Å²) in [7, 11) is -2.58. The van der Waals surface area contributed by atoms with E-state index in [1.165, 1.54) is 22.3 Å². The van der Waals surface area contributed by atoms with Crippen molar-refractivity contribution in [2.45, 2.75) is 38.5 Å². The van der Waals surface area contributed by atoms with E-state index in [0.717, 1.165) is 16.9 Å². The first-order chi connectivity index (χ1) is 18.2. The number of benzene rings is 4. The molecule has 0 fully saturated rings. The Kier molecular flexibility index (Phi) is 9.26. The largest absolute Gasteiger partial charge is 0.491 e. The molecule has 38 heavy (non-hydrogen) atoms. The van der Waals surface area contributed by atoms with Gasteiger partial charge >= 0.3 is 0 Å². The molecule has 0 N–H and O–H groups in total. The minimum absolute atomic E-state index is 0.125. The van der Waals surface area contributed by atoms with Crippen molar-refractivity contribution in [1.29, 1.82) is 0 Å². The minimum Gasteiger partial charge on any atom is -0.491 e. The average Bonchev–Trinajstić information content (AvgIpc) is 2.94. The first kappa shape index (κ1) is 27.9. The van der Waals surface area contributed by atoms with Crippen molar-refractivity contribution >= 4 is 7.37 Å². The van der Waals surface area contributed by atoms with Crippen molar-refractivity contribution in [3.8, 4) is 5.75 Å². The summed E-state index contributed by atoms with van der Waals surface area (Å²) in [6.45, 7) is 10.7. The second kappa shape index (κ2) is 12.6. The van der Waals surface area contributed by atoms with Gasteiger partial charge in [-0.2, -0.15) is 0 Å². The highest BCUT2D eigenvalue weighted by Gasteiger charge is 2.24. The summed E-state index contributed by atoms with van der Waals surface area (Å²) in [5.74, 6) is 1.37. The van der Waals surface area contributed by atoms with Crippen LogP contribution >= 0.6 is 7.37 Å².